The molecule has 2 aromatic carbocycles. The fourth-order valence-electron chi connectivity index (χ4n) is 3.63. The first-order chi connectivity index (χ1) is 13.0. The number of nitrogens with zero attached hydrogens (tertiary/aromatic N) is 1. The molecule has 3 rings (SSSR count). The number of likely N-dealkylation sites (tertiary alicyclic amines) is 1. The van der Waals surface area contributed by atoms with Crippen LogP contribution in [0.4, 0.5) is 0 Å². The monoisotopic (exact) mass is 366 g/mol. The van der Waals surface area contributed by atoms with Crippen LogP contribution in [0, 0.1) is 0 Å². The standard InChI is InChI=1S/C22H26N2O3/c1-16(25)23-13-12-20-7-2-3-14-24(20)22(27)19-6-4-5-18(15-19)17-8-10-21(26)11-9-17/h4-6,8-11,15,20,26H,2-3,7,12-14H2,1H3,(H,23,25)/t20-/m0/s1. The molecule has 2 N–H and O–H groups in total. The highest BCUT2D eigenvalue weighted by atomic mass is 16.3. The van der Waals surface area contributed by atoms with Crippen molar-refractivity contribution in [1.82, 2.24) is 10.2 Å². The van der Waals surface area contributed by atoms with Crippen molar-refractivity contribution < 1.29 is 14.7 Å². The molecule has 5 nitrogen and oxygen atoms in total. The summed E-state index contributed by atoms with van der Waals surface area (Å²) in [6, 6.07) is 14.8. The molecule has 0 unspecified atom stereocenters. The molecule has 1 aliphatic rings. The molecule has 27 heavy (non-hydrogen) atoms. The molecule has 0 spiro atoms. The van der Waals surface area contributed by atoms with E-state index in [9.17, 15) is 14.7 Å². The van der Waals surface area contributed by atoms with E-state index in [1.54, 1.807) is 12.1 Å². The topological polar surface area (TPSA) is 69.6 Å². The Morgan fingerprint density at radius 3 is 2.63 bits per heavy atom. The highest BCUT2D eigenvalue weighted by molar-refractivity contribution is 5.95. The Morgan fingerprint density at radius 2 is 1.89 bits per heavy atom. The highest BCUT2D eigenvalue weighted by Crippen LogP contribution is 2.26. The van der Waals surface area contributed by atoms with Gasteiger partial charge in [0.1, 0.15) is 5.75 Å². The second kappa shape index (κ2) is 8.71. The normalized spacial score (nSPS) is 16.8. The van der Waals surface area contributed by atoms with Crippen molar-refractivity contribution in [2.45, 2.75) is 38.6 Å². The van der Waals surface area contributed by atoms with Crippen molar-refractivity contribution in [2.75, 3.05) is 13.1 Å². The smallest absolute Gasteiger partial charge is 0.254 e. The minimum Gasteiger partial charge on any atom is -0.508 e. The number of carbonyl (C=O) groups is 2. The van der Waals surface area contributed by atoms with Gasteiger partial charge < -0.3 is 15.3 Å². The van der Waals surface area contributed by atoms with Crippen LogP contribution in [0.15, 0.2) is 48.5 Å². The van der Waals surface area contributed by atoms with Gasteiger partial charge in [0.05, 0.1) is 0 Å². The summed E-state index contributed by atoms with van der Waals surface area (Å²) in [6.07, 6.45) is 3.88. The summed E-state index contributed by atoms with van der Waals surface area (Å²) in [5, 5.41) is 12.3. The number of rotatable bonds is 5. The van der Waals surface area contributed by atoms with Crippen molar-refractivity contribution in [2.24, 2.45) is 0 Å². The number of hydrogen-bond acceptors (Lipinski definition) is 3. The second-order valence-electron chi connectivity index (χ2n) is 7.05. The number of benzene rings is 2. The summed E-state index contributed by atoms with van der Waals surface area (Å²) in [5.74, 6) is 0.231. The number of piperidine rings is 1. The number of nitrogens with one attached hydrogen (secondary N) is 1. The minimum atomic E-state index is -0.0368. The van der Waals surface area contributed by atoms with Crippen LogP contribution in [-0.4, -0.2) is 41.0 Å². The van der Waals surface area contributed by atoms with Gasteiger partial charge in [0, 0.05) is 31.6 Å². The Balaban J connectivity index is 1.76. The Labute approximate surface area is 160 Å². The van der Waals surface area contributed by atoms with Crippen LogP contribution in [0.2, 0.25) is 0 Å². The molecular formula is C22H26N2O3. The molecule has 1 atom stereocenters. The van der Waals surface area contributed by atoms with E-state index in [1.807, 2.05) is 41.3 Å². The molecule has 0 radical (unpaired) electrons. The van der Waals surface area contributed by atoms with Crippen molar-refractivity contribution in [3.05, 3.63) is 54.1 Å². The summed E-state index contributed by atoms with van der Waals surface area (Å²) in [6.45, 7) is 2.86. The lowest BCUT2D eigenvalue weighted by molar-refractivity contribution is -0.119. The number of hydrogen-bond donors (Lipinski definition) is 2. The zero-order valence-electron chi connectivity index (χ0n) is 15.6. The summed E-state index contributed by atoms with van der Waals surface area (Å²) in [5.41, 5.74) is 2.59. The molecule has 1 heterocycles. The van der Waals surface area contributed by atoms with E-state index in [-0.39, 0.29) is 23.6 Å². The molecule has 2 aromatic rings. The molecule has 1 fully saturated rings. The first-order valence-corrected chi connectivity index (χ1v) is 9.49. The second-order valence-corrected chi connectivity index (χ2v) is 7.05. The SMILES string of the molecule is CC(=O)NCC[C@@H]1CCCCN1C(=O)c1cccc(-c2ccc(O)cc2)c1. The van der Waals surface area contributed by atoms with E-state index >= 15 is 0 Å². The molecular weight excluding hydrogens is 340 g/mol. The third-order valence-corrected chi connectivity index (χ3v) is 5.05. The van der Waals surface area contributed by atoms with E-state index in [0.29, 0.717) is 12.1 Å². The molecule has 1 aliphatic heterocycles. The van der Waals surface area contributed by atoms with E-state index < -0.39 is 0 Å². The molecule has 0 bridgehead atoms. The van der Waals surface area contributed by atoms with Crippen molar-refractivity contribution in [3.63, 3.8) is 0 Å². The van der Waals surface area contributed by atoms with Gasteiger partial charge >= 0.3 is 0 Å². The maximum atomic E-state index is 13.1. The van der Waals surface area contributed by atoms with Gasteiger partial charge in [0.2, 0.25) is 5.91 Å². The van der Waals surface area contributed by atoms with Gasteiger partial charge in [-0.1, -0.05) is 24.3 Å². The predicted molar refractivity (Wildman–Crippen MR) is 106 cm³/mol. The molecule has 142 valence electrons. The molecule has 0 aliphatic carbocycles. The highest BCUT2D eigenvalue weighted by Gasteiger charge is 2.27. The molecule has 0 saturated carbocycles. The number of aromatic hydroxyl groups is 1. The largest absolute Gasteiger partial charge is 0.508 e. The number of phenols is 1. The van der Waals surface area contributed by atoms with Gasteiger partial charge in [-0.3, -0.25) is 9.59 Å². The number of amides is 2. The summed E-state index contributed by atoms with van der Waals surface area (Å²) in [7, 11) is 0. The van der Waals surface area contributed by atoms with E-state index in [0.717, 1.165) is 43.4 Å². The lowest BCUT2D eigenvalue weighted by Crippen LogP contribution is -2.45. The lowest BCUT2D eigenvalue weighted by atomic mass is 9.97. The minimum absolute atomic E-state index is 0.0368. The Morgan fingerprint density at radius 1 is 1.11 bits per heavy atom. The van der Waals surface area contributed by atoms with Crippen LogP contribution in [0.3, 0.4) is 0 Å². The first kappa shape index (κ1) is 19.0. The zero-order valence-corrected chi connectivity index (χ0v) is 15.6. The van der Waals surface area contributed by atoms with E-state index in [1.165, 1.54) is 6.92 Å². The van der Waals surface area contributed by atoms with Crippen molar-refractivity contribution in [3.8, 4) is 16.9 Å². The van der Waals surface area contributed by atoms with Crippen LogP contribution in [-0.2, 0) is 4.79 Å². The van der Waals surface area contributed by atoms with Crippen LogP contribution in [0.1, 0.15) is 43.0 Å². The fourth-order valence-corrected chi connectivity index (χ4v) is 3.63. The molecule has 2 amide bonds. The average Bonchev–Trinajstić information content (AvgIpc) is 2.68. The fraction of sp³-hybridized carbons (Fsp3) is 0.364. The third kappa shape index (κ3) is 4.88. The van der Waals surface area contributed by atoms with Crippen LogP contribution in [0.25, 0.3) is 11.1 Å². The quantitative estimate of drug-likeness (QED) is 0.850. The summed E-state index contributed by atoms with van der Waals surface area (Å²) >= 11 is 0. The van der Waals surface area contributed by atoms with Crippen molar-refractivity contribution in [1.29, 1.82) is 0 Å². The maximum absolute atomic E-state index is 13.1. The maximum Gasteiger partial charge on any atom is 0.254 e. The molecule has 5 heteroatoms. The lowest BCUT2D eigenvalue weighted by Gasteiger charge is -2.36. The predicted octanol–water partition coefficient (Wildman–Crippen LogP) is 3.58. The Kier molecular flexibility index (Phi) is 6.12. The molecule has 0 aromatic heterocycles. The van der Waals surface area contributed by atoms with Crippen LogP contribution in [0.5, 0.6) is 5.75 Å². The molecule has 1 saturated heterocycles. The van der Waals surface area contributed by atoms with Gasteiger partial charge in [-0.15, -0.1) is 0 Å². The summed E-state index contributed by atoms with van der Waals surface area (Å²) in [4.78, 5) is 26.2. The third-order valence-electron chi connectivity index (χ3n) is 5.05. The van der Waals surface area contributed by atoms with Gasteiger partial charge in [-0.25, -0.2) is 0 Å². The first-order valence-electron chi connectivity index (χ1n) is 9.49. The number of phenolic OH excluding ortho intramolecular Hbond substituents is 1. The van der Waals surface area contributed by atoms with E-state index in [4.69, 9.17) is 0 Å². The zero-order chi connectivity index (χ0) is 19.2. The van der Waals surface area contributed by atoms with Crippen molar-refractivity contribution >= 4 is 11.8 Å². The van der Waals surface area contributed by atoms with Gasteiger partial charge in [-0.05, 0) is 61.1 Å². The number of carbonyl (C=O) groups excluding carboxylic acids is 2. The Bertz CT molecular complexity index is 801. The van der Waals surface area contributed by atoms with Gasteiger partial charge in [-0.2, -0.15) is 0 Å². The van der Waals surface area contributed by atoms with E-state index in [2.05, 4.69) is 5.32 Å². The summed E-state index contributed by atoms with van der Waals surface area (Å²) < 4.78 is 0. The Hall–Kier alpha value is -2.82. The average molecular weight is 366 g/mol. The van der Waals surface area contributed by atoms with Crippen LogP contribution >= 0.6 is 0 Å². The van der Waals surface area contributed by atoms with Gasteiger partial charge in [0.25, 0.3) is 5.91 Å². The van der Waals surface area contributed by atoms with Crippen LogP contribution < -0.4 is 5.32 Å². The van der Waals surface area contributed by atoms with Gasteiger partial charge in [0.15, 0.2) is 0 Å².